The van der Waals surface area contributed by atoms with Gasteiger partial charge < -0.3 is 19.9 Å². The van der Waals surface area contributed by atoms with E-state index in [2.05, 4.69) is 34.3 Å². The van der Waals surface area contributed by atoms with Crippen LogP contribution in [0.25, 0.3) is 0 Å². The Hall–Kier alpha value is -1.44. The first kappa shape index (κ1) is 17.4. The number of carbonyl (C=O) groups excluding carboxylic acids is 1. The molecule has 2 aliphatic rings. The fourth-order valence-corrected chi connectivity index (χ4v) is 3.49. The van der Waals surface area contributed by atoms with Crippen LogP contribution in [0.3, 0.4) is 0 Å². The van der Waals surface area contributed by atoms with Crippen molar-refractivity contribution in [3.8, 4) is 0 Å². The average Bonchev–Trinajstić information content (AvgIpc) is 3.25. The monoisotopic (exact) mass is 335 g/mol. The summed E-state index contributed by atoms with van der Waals surface area (Å²) in [7, 11) is 0. The van der Waals surface area contributed by atoms with Crippen LogP contribution in [0.5, 0.6) is 0 Å². The Balaban J connectivity index is 1.50. The largest absolute Gasteiger partial charge is 0.375 e. The van der Waals surface area contributed by atoms with Crippen LogP contribution in [0.15, 0.2) is 0 Å². The Morgan fingerprint density at radius 3 is 3.04 bits per heavy atom. The lowest BCUT2D eigenvalue weighted by atomic mass is 10.1. The maximum absolute atomic E-state index is 12.8. The predicted octanol–water partition coefficient (Wildman–Crippen LogP) is 0.628. The lowest BCUT2D eigenvalue weighted by Gasteiger charge is -2.20. The van der Waals surface area contributed by atoms with Gasteiger partial charge in [-0.25, -0.2) is 0 Å². The number of aromatic nitrogens is 2. The van der Waals surface area contributed by atoms with E-state index in [4.69, 9.17) is 4.74 Å². The van der Waals surface area contributed by atoms with Gasteiger partial charge in [-0.05, 0) is 19.5 Å². The third-order valence-electron chi connectivity index (χ3n) is 5.10. The molecule has 0 radical (unpaired) electrons. The van der Waals surface area contributed by atoms with Crippen LogP contribution in [0.1, 0.15) is 42.0 Å². The number of H-pyrrole nitrogens is 1. The van der Waals surface area contributed by atoms with Crippen LogP contribution in [0, 0.1) is 0 Å². The number of likely N-dealkylation sites (tertiary alicyclic amines) is 1. The fraction of sp³-hybridized carbons (Fsp3) is 0.765. The highest BCUT2D eigenvalue weighted by molar-refractivity contribution is 5.94. The maximum atomic E-state index is 12.8. The molecule has 1 atom stereocenters. The topological polar surface area (TPSA) is 73.5 Å². The number of nitrogens with one attached hydrogen (secondary N) is 2. The molecule has 1 fully saturated rings. The second kappa shape index (κ2) is 8.09. The molecule has 3 rings (SSSR count). The third kappa shape index (κ3) is 3.79. The molecule has 7 heteroatoms. The summed E-state index contributed by atoms with van der Waals surface area (Å²) in [6, 6.07) is 0. The minimum absolute atomic E-state index is 0.0334. The highest BCUT2D eigenvalue weighted by Crippen LogP contribution is 2.20. The first-order chi connectivity index (χ1) is 11.7. The summed E-state index contributed by atoms with van der Waals surface area (Å²) in [5, 5.41) is 10.6. The molecule has 0 aliphatic carbocycles. The van der Waals surface area contributed by atoms with Crippen LogP contribution in [0.4, 0.5) is 0 Å². The smallest absolute Gasteiger partial charge is 0.274 e. The number of carbonyl (C=O) groups is 1. The number of likely N-dealkylation sites (N-methyl/N-ethyl adjacent to an activating group) is 1. The van der Waals surface area contributed by atoms with Gasteiger partial charge >= 0.3 is 0 Å². The predicted molar refractivity (Wildman–Crippen MR) is 92.0 cm³/mol. The Labute approximate surface area is 143 Å². The molecule has 7 nitrogen and oxygen atoms in total. The van der Waals surface area contributed by atoms with E-state index in [0.717, 1.165) is 70.0 Å². The first-order valence-corrected chi connectivity index (χ1v) is 9.13. The Bertz CT molecular complexity index is 555. The van der Waals surface area contributed by atoms with Gasteiger partial charge in [0.15, 0.2) is 5.69 Å². The third-order valence-corrected chi connectivity index (χ3v) is 5.10. The molecular weight excluding hydrogens is 306 g/mol. The van der Waals surface area contributed by atoms with E-state index in [1.54, 1.807) is 0 Å². The van der Waals surface area contributed by atoms with E-state index >= 15 is 0 Å². The summed E-state index contributed by atoms with van der Waals surface area (Å²) in [5.41, 5.74) is 2.72. The number of hydrogen-bond acceptors (Lipinski definition) is 5. The summed E-state index contributed by atoms with van der Waals surface area (Å²) >= 11 is 0. The Kier molecular flexibility index (Phi) is 5.86. The van der Waals surface area contributed by atoms with Crippen molar-refractivity contribution in [3.63, 3.8) is 0 Å². The van der Waals surface area contributed by atoms with Crippen molar-refractivity contribution in [2.45, 2.75) is 39.3 Å². The molecule has 0 bridgehead atoms. The van der Waals surface area contributed by atoms with Crippen LogP contribution in [0.2, 0.25) is 0 Å². The lowest BCUT2D eigenvalue weighted by molar-refractivity contribution is 0.0419. The molecule has 1 saturated heterocycles. The molecule has 1 aromatic heterocycles. The molecule has 3 heterocycles. The minimum Gasteiger partial charge on any atom is -0.375 e. The zero-order valence-electron chi connectivity index (χ0n) is 14.8. The molecule has 134 valence electrons. The van der Waals surface area contributed by atoms with E-state index < -0.39 is 0 Å². The van der Waals surface area contributed by atoms with Gasteiger partial charge in [0.1, 0.15) is 0 Å². The summed E-state index contributed by atoms with van der Waals surface area (Å²) in [6.45, 7) is 11.2. The Morgan fingerprint density at radius 1 is 1.42 bits per heavy atom. The highest BCUT2D eigenvalue weighted by atomic mass is 16.5. The molecule has 1 amide bonds. The van der Waals surface area contributed by atoms with Crippen molar-refractivity contribution in [1.82, 2.24) is 25.3 Å². The van der Waals surface area contributed by atoms with Crippen LogP contribution in [-0.4, -0.2) is 77.9 Å². The van der Waals surface area contributed by atoms with Crippen LogP contribution in [-0.2, 0) is 17.7 Å². The highest BCUT2D eigenvalue weighted by Gasteiger charge is 2.31. The molecule has 0 spiro atoms. The summed E-state index contributed by atoms with van der Waals surface area (Å²) in [6.07, 6.45) is 1.97. The fourth-order valence-electron chi connectivity index (χ4n) is 3.49. The number of aromatic amines is 1. The number of hydrogen-bond donors (Lipinski definition) is 2. The molecule has 0 aromatic carbocycles. The van der Waals surface area contributed by atoms with Crippen molar-refractivity contribution in [2.24, 2.45) is 0 Å². The van der Waals surface area contributed by atoms with Crippen molar-refractivity contribution in [2.75, 3.05) is 45.9 Å². The molecule has 2 aliphatic heterocycles. The first-order valence-electron chi connectivity index (χ1n) is 9.13. The normalized spacial score (nSPS) is 20.6. The zero-order chi connectivity index (χ0) is 16.9. The molecular formula is C17H29N5O2. The summed E-state index contributed by atoms with van der Waals surface area (Å²) in [5.74, 6) is 0.0334. The van der Waals surface area contributed by atoms with Crippen molar-refractivity contribution < 1.29 is 9.53 Å². The second-order valence-electron chi connectivity index (χ2n) is 6.52. The van der Waals surface area contributed by atoms with Crippen molar-refractivity contribution in [3.05, 3.63) is 17.0 Å². The maximum Gasteiger partial charge on any atom is 0.274 e. The molecule has 24 heavy (non-hydrogen) atoms. The summed E-state index contributed by atoms with van der Waals surface area (Å²) < 4.78 is 5.97. The zero-order valence-corrected chi connectivity index (χ0v) is 14.8. The van der Waals surface area contributed by atoms with E-state index in [1.165, 1.54) is 0 Å². The second-order valence-corrected chi connectivity index (χ2v) is 6.52. The molecule has 0 saturated carbocycles. The van der Waals surface area contributed by atoms with Gasteiger partial charge in [0, 0.05) is 50.4 Å². The van der Waals surface area contributed by atoms with Crippen molar-refractivity contribution >= 4 is 5.91 Å². The van der Waals surface area contributed by atoms with Crippen LogP contribution >= 0.6 is 0 Å². The van der Waals surface area contributed by atoms with E-state index in [0.29, 0.717) is 12.2 Å². The van der Waals surface area contributed by atoms with Gasteiger partial charge in [-0.15, -0.1) is 0 Å². The van der Waals surface area contributed by atoms with Gasteiger partial charge in [-0.1, -0.05) is 13.8 Å². The average molecular weight is 335 g/mol. The summed E-state index contributed by atoms with van der Waals surface area (Å²) in [4.78, 5) is 17.0. The van der Waals surface area contributed by atoms with Gasteiger partial charge in [-0.3, -0.25) is 9.89 Å². The molecule has 1 aromatic rings. The quantitative estimate of drug-likeness (QED) is 0.764. The van der Waals surface area contributed by atoms with Crippen LogP contribution < -0.4 is 5.32 Å². The minimum atomic E-state index is 0.0334. The van der Waals surface area contributed by atoms with E-state index in [1.807, 2.05) is 4.90 Å². The van der Waals surface area contributed by atoms with Gasteiger partial charge in [-0.2, -0.15) is 5.10 Å². The Morgan fingerprint density at radius 2 is 2.25 bits per heavy atom. The lowest BCUT2D eigenvalue weighted by Crippen LogP contribution is -2.33. The molecule has 1 unspecified atom stereocenters. The van der Waals surface area contributed by atoms with E-state index in [-0.39, 0.29) is 12.0 Å². The number of nitrogens with zero attached hydrogens (tertiary/aromatic N) is 3. The van der Waals surface area contributed by atoms with Gasteiger partial charge in [0.25, 0.3) is 5.91 Å². The van der Waals surface area contributed by atoms with Crippen molar-refractivity contribution in [1.29, 1.82) is 0 Å². The van der Waals surface area contributed by atoms with Gasteiger partial charge in [0.05, 0.1) is 12.7 Å². The number of rotatable bonds is 7. The number of fused-ring (bicyclic) bond motifs is 1. The van der Waals surface area contributed by atoms with Gasteiger partial charge in [0.2, 0.25) is 0 Å². The molecule has 2 N–H and O–H groups in total. The SMILES string of the molecule is CCN(CC)CCOC1CCN(C(=O)c2n[nH]c3c2CNCC3)C1. The number of amides is 1. The van der Waals surface area contributed by atoms with E-state index in [9.17, 15) is 4.79 Å². The standard InChI is InChI=1S/C17H29N5O2/c1-3-21(4-2)9-10-24-13-6-8-22(12-13)17(23)16-14-11-18-7-5-15(14)19-20-16/h13,18H,3-12H2,1-2H3,(H,19,20). The number of ether oxygens (including phenoxy) is 1.